The zero-order valence-electron chi connectivity index (χ0n) is 30.8. The number of nitrogens with zero attached hydrogens (tertiary/aromatic N) is 1. The lowest BCUT2D eigenvalue weighted by atomic mass is 9.86. The molecule has 1 aromatic carbocycles. The highest BCUT2D eigenvalue weighted by Crippen LogP contribution is 2.47. The van der Waals surface area contributed by atoms with Gasteiger partial charge in [-0.2, -0.15) is 0 Å². The Labute approximate surface area is 325 Å². The molecule has 288 valence electrons. The molecule has 55 heavy (non-hydrogen) atoms. The van der Waals surface area contributed by atoms with Gasteiger partial charge in [-0.25, -0.2) is 4.79 Å². The number of hydrogen-bond donors (Lipinski definition) is 6. The number of nitrogens with one attached hydrogen (secondary N) is 3. The molecule has 1 fully saturated rings. The molecule has 2 unspecified atom stereocenters. The fraction of sp³-hybridized carbons (Fsp3) is 0.400. The van der Waals surface area contributed by atoms with Crippen molar-refractivity contribution in [3.63, 3.8) is 0 Å². The third-order valence-electron chi connectivity index (χ3n) is 11.5. The summed E-state index contributed by atoms with van der Waals surface area (Å²) in [6.07, 6.45) is 13.3. The van der Waals surface area contributed by atoms with Crippen molar-refractivity contribution in [2.75, 3.05) is 11.5 Å². The molecule has 1 saturated heterocycles. The molecule has 5 aliphatic heterocycles. The Kier molecular flexibility index (Phi) is 8.74. The maximum absolute atomic E-state index is 13.9. The molecule has 8 N–H and O–H groups in total. The summed E-state index contributed by atoms with van der Waals surface area (Å²) in [5.74, 6) is 2.59. The number of esters is 1. The van der Waals surface area contributed by atoms with Gasteiger partial charge in [0.25, 0.3) is 0 Å². The van der Waals surface area contributed by atoms with Crippen LogP contribution in [0.15, 0.2) is 92.6 Å². The van der Waals surface area contributed by atoms with E-state index in [1.807, 2.05) is 19.2 Å². The van der Waals surface area contributed by atoms with Crippen molar-refractivity contribution < 1.29 is 28.5 Å². The minimum absolute atomic E-state index is 0.0557. The summed E-state index contributed by atoms with van der Waals surface area (Å²) in [4.78, 5) is 30.1. The Morgan fingerprint density at radius 2 is 1.95 bits per heavy atom. The van der Waals surface area contributed by atoms with Crippen LogP contribution in [-0.2, 0) is 27.2 Å². The van der Waals surface area contributed by atoms with Gasteiger partial charge in [0.05, 0.1) is 29.5 Å². The normalized spacial score (nSPS) is 29.7. The number of dihydropyridines is 2. The number of phenolic OH excluding ortho intramolecular Hbond substituents is 1. The van der Waals surface area contributed by atoms with Gasteiger partial charge >= 0.3 is 5.97 Å². The van der Waals surface area contributed by atoms with Gasteiger partial charge in [0, 0.05) is 78.1 Å². The molecule has 8 heterocycles. The van der Waals surface area contributed by atoms with Gasteiger partial charge < -0.3 is 55.4 Å². The summed E-state index contributed by atoms with van der Waals surface area (Å²) in [5, 5.41) is 19.6. The average molecular weight is 785 g/mol. The number of carbonyl (C=O) groups excluding carboxylic acids is 1. The Hall–Kier alpha value is -4.86. The summed E-state index contributed by atoms with van der Waals surface area (Å²) in [6.45, 7) is 6.05. The lowest BCUT2D eigenvalue weighted by Crippen LogP contribution is -2.52. The monoisotopic (exact) mass is 784 g/mol. The van der Waals surface area contributed by atoms with Crippen LogP contribution in [0.5, 0.6) is 11.5 Å². The van der Waals surface area contributed by atoms with E-state index in [4.69, 9.17) is 30.1 Å². The summed E-state index contributed by atoms with van der Waals surface area (Å²) in [6, 6.07) is 4.80. The smallest absolute Gasteiger partial charge is 0.341 e. The van der Waals surface area contributed by atoms with Crippen LogP contribution in [0, 0.1) is 6.92 Å². The number of ether oxygens (including phenoxy) is 3. The first-order chi connectivity index (χ1) is 26.4. The molecule has 15 heteroatoms. The van der Waals surface area contributed by atoms with Crippen molar-refractivity contribution in [3.05, 3.63) is 105 Å². The first-order valence-electron chi connectivity index (χ1n) is 18.5. The molecule has 6 atom stereocenters. The van der Waals surface area contributed by atoms with Gasteiger partial charge in [0.15, 0.2) is 11.0 Å². The summed E-state index contributed by atoms with van der Waals surface area (Å²) < 4.78 is 27.0. The number of phenols is 1. The van der Waals surface area contributed by atoms with Crippen LogP contribution in [0.3, 0.4) is 0 Å². The molecule has 13 nitrogen and oxygen atoms in total. The number of rotatable bonds is 2. The SMILES string of the molecule is Cc1cc(=O)c2c(O)c3c(cc2o1)O[C@@]1(C)CCSSCC2=C(N)NC(Cn4cc5cc[nH]c5c4)C=C2C2C=C(C=C(N)N2)CC[C@H]2O[C@]2(C)C(=O)O[C@@H]1C3. The van der Waals surface area contributed by atoms with E-state index in [1.54, 1.807) is 41.5 Å². The van der Waals surface area contributed by atoms with Gasteiger partial charge in [0.1, 0.15) is 45.8 Å². The zero-order chi connectivity index (χ0) is 38.2. The number of aryl methyl sites for hydroxylation is 1. The van der Waals surface area contributed by atoms with E-state index in [9.17, 15) is 14.7 Å². The standard InChI is InChI=1S/C40H44N6O7S2/c1-20-10-29(47)35-31(50-20)15-30-25(36(35)48)14-33-39(2,52-30)7-9-54-55-19-26-24(13-23(44-37(26)42)17-46-16-22-6-8-43-28(22)18-46)27-11-21(12-34(41)45-27)4-5-32-40(3,53-32)38(49)51-33/h6,8,10-13,15-16,18,23,27,32-33,43-45,48H,4-5,7,9,14,17,19,41-42H2,1-3H3/t23?,27?,32-,33-,39+,40+/m1/s1. The number of H-pyrrole nitrogens is 1. The second kappa shape index (κ2) is 13.4. The maximum Gasteiger partial charge on any atom is 0.341 e. The Morgan fingerprint density at radius 1 is 1.09 bits per heavy atom. The van der Waals surface area contributed by atoms with E-state index in [1.165, 1.54) is 6.07 Å². The molecule has 3 aromatic heterocycles. The molecule has 0 spiro atoms. The summed E-state index contributed by atoms with van der Waals surface area (Å²) >= 11 is 0. The number of allylic oxidation sites excluding steroid dienone is 2. The van der Waals surface area contributed by atoms with Crippen LogP contribution in [0.4, 0.5) is 0 Å². The third kappa shape index (κ3) is 6.55. The molecule has 4 aromatic rings. The van der Waals surface area contributed by atoms with Gasteiger partial charge in [-0.05, 0) is 56.9 Å². The molecule has 2 bridgehead atoms. The lowest BCUT2D eigenvalue weighted by Gasteiger charge is -2.42. The molecular weight excluding hydrogens is 741 g/mol. The van der Waals surface area contributed by atoms with Crippen molar-refractivity contribution >= 4 is 49.4 Å². The van der Waals surface area contributed by atoms with Crippen molar-refractivity contribution in [2.45, 2.75) is 88.5 Å². The average Bonchev–Trinajstić information content (AvgIpc) is 3.37. The number of fused-ring (bicyclic) bond motifs is 8. The molecule has 0 saturated carbocycles. The minimum atomic E-state index is -1.14. The Bertz CT molecular complexity index is 2400. The van der Waals surface area contributed by atoms with E-state index in [2.05, 4.69) is 50.8 Å². The van der Waals surface area contributed by atoms with Gasteiger partial charge in [0.2, 0.25) is 0 Å². The molecule has 0 amide bonds. The zero-order valence-corrected chi connectivity index (χ0v) is 32.4. The summed E-state index contributed by atoms with van der Waals surface area (Å²) in [7, 11) is 3.36. The van der Waals surface area contributed by atoms with E-state index >= 15 is 0 Å². The Balaban J connectivity index is 1.02. The van der Waals surface area contributed by atoms with Crippen LogP contribution in [-0.4, -0.2) is 67.6 Å². The topological polar surface area (TPSA) is 195 Å². The van der Waals surface area contributed by atoms with Crippen molar-refractivity contribution in [1.82, 2.24) is 20.2 Å². The van der Waals surface area contributed by atoms with Gasteiger partial charge in [-0.15, -0.1) is 0 Å². The van der Waals surface area contributed by atoms with Crippen molar-refractivity contribution in [1.29, 1.82) is 0 Å². The predicted molar refractivity (Wildman–Crippen MR) is 213 cm³/mol. The first-order valence-corrected chi connectivity index (χ1v) is 21.0. The molecule has 5 aliphatic rings. The first kappa shape index (κ1) is 35.8. The second-order valence-electron chi connectivity index (χ2n) is 15.4. The van der Waals surface area contributed by atoms with Crippen LogP contribution in [0.1, 0.15) is 44.4 Å². The highest BCUT2D eigenvalue weighted by molar-refractivity contribution is 8.76. The van der Waals surface area contributed by atoms with E-state index in [0.717, 1.165) is 27.6 Å². The highest BCUT2D eigenvalue weighted by atomic mass is 33.1. The fourth-order valence-electron chi connectivity index (χ4n) is 8.28. The number of hydrogen-bond acceptors (Lipinski definition) is 13. The van der Waals surface area contributed by atoms with Crippen LogP contribution < -0.4 is 32.3 Å². The molecular formula is C40H44N6O7S2. The predicted octanol–water partition coefficient (Wildman–Crippen LogP) is 4.89. The number of epoxide rings is 1. The van der Waals surface area contributed by atoms with E-state index < -0.39 is 23.3 Å². The van der Waals surface area contributed by atoms with Gasteiger partial charge in [-0.1, -0.05) is 33.7 Å². The molecule has 0 aliphatic carbocycles. The quantitative estimate of drug-likeness (QED) is 0.0915. The van der Waals surface area contributed by atoms with Crippen LogP contribution in [0.2, 0.25) is 0 Å². The maximum atomic E-state index is 13.9. The van der Waals surface area contributed by atoms with Crippen molar-refractivity contribution in [3.8, 4) is 11.5 Å². The third-order valence-corrected chi connectivity index (χ3v) is 13.7. The van der Waals surface area contributed by atoms with E-state index in [0.29, 0.717) is 66.0 Å². The largest absolute Gasteiger partial charge is 0.507 e. The molecule has 9 rings (SSSR count). The van der Waals surface area contributed by atoms with E-state index in [-0.39, 0.29) is 46.8 Å². The minimum Gasteiger partial charge on any atom is -0.507 e. The van der Waals surface area contributed by atoms with Gasteiger partial charge in [-0.3, -0.25) is 4.79 Å². The number of benzene rings is 1. The van der Waals surface area contributed by atoms with Crippen LogP contribution >= 0.6 is 21.6 Å². The number of carbonyl (C=O) groups is 1. The molecule has 0 radical (unpaired) electrons. The Morgan fingerprint density at radius 3 is 2.78 bits per heavy atom. The summed E-state index contributed by atoms with van der Waals surface area (Å²) in [5.41, 5.74) is 15.7. The lowest BCUT2D eigenvalue weighted by molar-refractivity contribution is -0.168. The number of aromatic nitrogens is 2. The number of aromatic hydroxyl groups is 1. The second-order valence-corrected chi connectivity index (χ2v) is 18.0. The van der Waals surface area contributed by atoms with Crippen LogP contribution in [0.25, 0.3) is 21.9 Å². The number of nitrogens with two attached hydrogens (primary N) is 2. The number of aromatic amines is 1. The van der Waals surface area contributed by atoms with Crippen molar-refractivity contribution in [2.24, 2.45) is 11.5 Å². The fourth-order valence-corrected chi connectivity index (χ4v) is 10.6. The highest BCUT2D eigenvalue weighted by Gasteiger charge is 2.61.